The fourth-order valence-corrected chi connectivity index (χ4v) is 1.78. The van der Waals surface area contributed by atoms with E-state index in [1.807, 2.05) is 42.5 Å². The molecule has 3 heteroatoms. The summed E-state index contributed by atoms with van der Waals surface area (Å²) >= 11 is 0. The maximum absolute atomic E-state index is 5.93. The Labute approximate surface area is 94.9 Å². The van der Waals surface area contributed by atoms with Crippen LogP contribution in [0.15, 0.2) is 42.5 Å². The highest BCUT2D eigenvalue weighted by molar-refractivity contribution is 5.86. The van der Waals surface area contributed by atoms with Gasteiger partial charge in [-0.15, -0.1) is 0 Å². The van der Waals surface area contributed by atoms with Gasteiger partial charge in [-0.05, 0) is 29.3 Å². The molecule has 0 saturated heterocycles. The maximum Gasteiger partial charge on any atom is 0.0414 e. The van der Waals surface area contributed by atoms with Crippen LogP contribution in [0, 0.1) is 0 Å². The molecule has 82 valence electrons. The molecule has 0 aliphatic rings. The van der Waals surface area contributed by atoms with Crippen molar-refractivity contribution < 1.29 is 0 Å². The van der Waals surface area contributed by atoms with Crippen LogP contribution < -0.4 is 17.2 Å². The lowest BCUT2D eigenvalue weighted by Gasteiger charge is -2.10. The third-order valence-corrected chi connectivity index (χ3v) is 2.58. The largest absolute Gasteiger partial charge is 0.398 e. The minimum Gasteiger partial charge on any atom is -0.398 e. The predicted molar refractivity (Wildman–Crippen MR) is 68.6 cm³/mol. The Hall–Kier alpha value is -2.00. The van der Waals surface area contributed by atoms with Gasteiger partial charge in [0.25, 0.3) is 0 Å². The zero-order valence-electron chi connectivity index (χ0n) is 8.98. The van der Waals surface area contributed by atoms with Crippen molar-refractivity contribution in [3.63, 3.8) is 0 Å². The van der Waals surface area contributed by atoms with Crippen molar-refractivity contribution in [1.29, 1.82) is 0 Å². The van der Waals surface area contributed by atoms with Crippen LogP contribution in [-0.4, -0.2) is 0 Å². The van der Waals surface area contributed by atoms with Crippen LogP contribution >= 0.6 is 0 Å². The number of hydrogen-bond acceptors (Lipinski definition) is 3. The van der Waals surface area contributed by atoms with E-state index in [0.29, 0.717) is 17.9 Å². The van der Waals surface area contributed by atoms with Gasteiger partial charge in [0.15, 0.2) is 0 Å². The van der Waals surface area contributed by atoms with Gasteiger partial charge >= 0.3 is 0 Å². The van der Waals surface area contributed by atoms with Gasteiger partial charge in [-0.3, -0.25) is 0 Å². The molecule has 2 aromatic rings. The smallest absolute Gasteiger partial charge is 0.0414 e. The second-order valence-corrected chi connectivity index (χ2v) is 3.72. The highest BCUT2D eigenvalue weighted by Crippen LogP contribution is 2.31. The highest BCUT2D eigenvalue weighted by Gasteiger charge is 2.06. The molecule has 0 fully saturated rings. The van der Waals surface area contributed by atoms with Crippen molar-refractivity contribution in [2.24, 2.45) is 5.73 Å². The topological polar surface area (TPSA) is 78.1 Å². The van der Waals surface area contributed by atoms with Crippen LogP contribution in [0.25, 0.3) is 11.1 Å². The first-order valence-electron chi connectivity index (χ1n) is 5.15. The van der Waals surface area contributed by atoms with Gasteiger partial charge in [0, 0.05) is 23.5 Å². The van der Waals surface area contributed by atoms with Crippen LogP contribution in [0.3, 0.4) is 0 Å². The SMILES string of the molecule is NCc1cccc(-c2c(N)cccc2N)c1. The molecule has 0 aromatic heterocycles. The van der Waals surface area contributed by atoms with E-state index in [1.54, 1.807) is 0 Å². The number of hydrogen-bond donors (Lipinski definition) is 3. The second-order valence-electron chi connectivity index (χ2n) is 3.72. The van der Waals surface area contributed by atoms with Crippen LogP contribution in [0.1, 0.15) is 5.56 Å². The normalized spacial score (nSPS) is 10.3. The van der Waals surface area contributed by atoms with E-state index < -0.39 is 0 Å². The van der Waals surface area contributed by atoms with Gasteiger partial charge in [0.1, 0.15) is 0 Å². The summed E-state index contributed by atoms with van der Waals surface area (Å²) in [5.74, 6) is 0. The molecule has 2 rings (SSSR count). The van der Waals surface area contributed by atoms with Crippen LogP contribution in [-0.2, 0) is 6.54 Å². The van der Waals surface area contributed by atoms with Crippen LogP contribution in [0.4, 0.5) is 11.4 Å². The van der Waals surface area contributed by atoms with Crippen LogP contribution in [0.2, 0.25) is 0 Å². The molecule has 0 aliphatic carbocycles. The molecular formula is C13H15N3. The lowest BCUT2D eigenvalue weighted by Crippen LogP contribution is -1.98. The quantitative estimate of drug-likeness (QED) is 0.667. The first-order chi connectivity index (χ1) is 7.72. The van der Waals surface area contributed by atoms with Crippen molar-refractivity contribution in [3.8, 4) is 11.1 Å². The van der Waals surface area contributed by atoms with E-state index in [2.05, 4.69) is 0 Å². The van der Waals surface area contributed by atoms with Gasteiger partial charge in [-0.1, -0.05) is 24.3 Å². The summed E-state index contributed by atoms with van der Waals surface area (Å²) < 4.78 is 0. The molecule has 0 radical (unpaired) electrons. The monoisotopic (exact) mass is 213 g/mol. The Bertz CT molecular complexity index is 486. The Morgan fingerprint density at radius 3 is 2.12 bits per heavy atom. The van der Waals surface area contributed by atoms with Gasteiger partial charge in [-0.25, -0.2) is 0 Å². The molecule has 16 heavy (non-hydrogen) atoms. The lowest BCUT2D eigenvalue weighted by molar-refractivity contribution is 1.07. The number of rotatable bonds is 2. The Morgan fingerprint density at radius 2 is 1.50 bits per heavy atom. The summed E-state index contributed by atoms with van der Waals surface area (Å²) in [4.78, 5) is 0. The zero-order chi connectivity index (χ0) is 11.5. The van der Waals surface area contributed by atoms with E-state index in [9.17, 15) is 0 Å². The van der Waals surface area contributed by atoms with Gasteiger partial charge in [-0.2, -0.15) is 0 Å². The van der Waals surface area contributed by atoms with Crippen molar-refractivity contribution >= 4 is 11.4 Å². The fourth-order valence-electron chi connectivity index (χ4n) is 1.78. The molecule has 0 spiro atoms. The van der Waals surface area contributed by atoms with E-state index in [1.165, 1.54) is 0 Å². The second kappa shape index (κ2) is 4.24. The molecule has 0 atom stereocenters. The third kappa shape index (κ3) is 1.85. The Morgan fingerprint density at radius 1 is 0.875 bits per heavy atom. The van der Waals surface area contributed by atoms with Crippen LogP contribution in [0.5, 0.6) is 0 Å². The summed E-state index contributed by atoms with van der Waals surface area (Å²) in [7, 11) is 0. The van der Waals surface area contributed by atoms with E-state index in [0.717, 1.165) is 16.7 Å². The number of nitrogens with two attached hydrogens (primary N) is 3. The van der Waals surface area contributed by atoms with Crippen molar-refractivity contribution in [1.82, 2.24) is 0 Å². The number of nitrogen functional groups attached to an aromatic ring is 2. The number of anilines is 2. The van der Waals surface area contributed by atoms with Gasteiger partial charge in [0.2, 0.25) is 0 Å². The molecule has 0 saturated carbocycles. The Balaban J connectivity index is 2.58. The maximum atomic E-state index is 5.93. The third-order valence-electron chi connectivity index (χ3n) is 2.58. The summed E-state index contributed by atoms with van der Waals surface area (Å²) in [6.07, 6.45) is 0. The molecule has 0 aliphatic heterocycles. The van der Waals surface area contributed by atoms with E-state index in [4.69, 9.17) is 17.2 Å². The van der Waals surface area contributed by atoms with Gasteiger partial charge < -0.3 is 17.2 Å². The molecule has 3 nitrogen and oxygen atoms in total. The highest BCUT2D eigenvalue weighted by atomic mass is 14.6. The molecule has 0 amide bonds. The molecule has 0 bridgehead atoms. The van der Waals surface area contributed by atoms with Crippen molar-refractivity contribution in [3.05, 3.63) is 48.0 Å². The van der Waals surface area contributed by atoms with E-state index in [-0.39, 0.29) is 0 Å². The van der Waals surface area contributed by atoms with Gasteiger partial charge in [0.05, 0.1) is 0 Å². The number of benzene rings is 2. The zero-order valence-corrected chi connectivity index (χ0v) is 8.98. The van der Waals surface area contributed by atoms with E-state index >= 15 is 0 Å². The summed E-state index contributed by atoms with van der Waals surface area (Å²) in [5.41, 5.74) is 21.8. The fraction of sp³-hybridized carbons (Fsp3) is 0.0769. The molecule has 2 aromatic carbocycles. The lowest BCUT2D eigenvalue weighted by atomic mass is 10.00. The summed E-state index contributed by atoms with van der Waals surface area (Å²) in [6, 6.07) is 13.5. The minimum absolute atomic E-state index is 0.514. The standard InChI is InChI=1S/C13H15N3/c14-8-9-3-1-4-10(7-9)13-11(15)5-2-6-12(13)16/h1-7H,8,14-16H2. The Kier molecular flexibility index (Phi) is 2.79. The van der Waals surface area contributed by atoms with Crippen molar-refractivity contribution in [2.45, 2.75) is 6.54 Å². The average Bonchev–Trinajstić information content (AvgIpc) is 2.29. The summed E-state index contributed by atoms with van der Waals surface area (Å²) in [6.45, 7) is 0.514. The average molecular weight is 213 g/mol. The molecule has 6 N–H and O–H groups in total. The molecular weight excluding hydrogens is 198 g/mol. The minimum atomic E-state index is 0.514. The first kappa shape index (κ1) is 10.5. The summed E-state index contributed by atoms with van der Waals surface area (Å²) in [5, 5.41) is 0. The predicted octanol–water partition coefficient (Wildman–Crippen LogP) is 1.98. The molecule has 0 heterocycles. The molecule has 0 unspecified atom stereocenters. The van der Waals surface area contributed by atoms with Crippen molar-refractivity contribution in [2.75, 3.05) is 11.5 Å². The first-order valence-corrected chi connectivity index (χ1v) is 5.15.